The molecule has 0 spiro atoms. The first kappa shape index (κ1) is 12.4. The predicted molar refractivity (Wildman–Crippen MR) is 72.1 cm³/mol. The minimum absolute atomic E-state index is 0.0431. The van der Waals surface area contributed by atoms with E-state index < -0.39 is 0 Å². The van der Waals surface area contributed by atoms with Gasteiger partial charge in [-0.2, -0.15) is 0 Å². The van der Waals surface area contributed by atoms with Crippen LogP contribution in [0.5, 0.6) is 0 Å². The number of carbonyl (C=O) groups is 1. The molecule has 0 saturated carbocycles. The number of carbonyl (C=O) groups excluding carboxylic acids is 1. The number of hydrogen-bond acceptors (Lipinski definition) is 2. The van der Waals surface area contributed by atoms with Gasteiger partial charge in [0.15, 0.2) is 0 Å². The first-order chi connectivity index (χ1) is 8.65. The third kappa shape index (κ3) is 3.20. The summed E-state index contributed by atoms with van der Waals surface area (Å²) in [6, 6.07) is 7.65. The van der Waals surface area contributed by atoms with Crippen molar-refractivity contribution in [2.24, 2.45) is 5.92 Å². The second-order valence-corrected chi connectivity index (χ2v) is 4.66. The van der Waals surface area contributed by atoms with Gasteiger partial charge in [0.25, 0.3) is 0 Å². The van der Waals surface area contributed by atoms with Crippen molar-refractivity contribution in [2.45, 2.75) is 20.3 Å². The van der Waals surface area contributed by atoms with Gasteiger partial charge in [-0.3, -0.25) is 4.79 Å². The fourth-order valence-corrected chi connectivity index (χ4v) is 1.75. The van der Waals surface area contributed by atoms with Crippen molar-refractivity contribution in [1.29, 1.82) is 0 Å². The van der Waals surface area contributed by atoms with Crippen LogP contribution in [0.4, 0.5) is 5.69 Å². The number of aromatic amines is 1. The van der Waals surface area contributed by atoms with Crippen LogP contribution in [0.1, 0.15) is 20.3 Å². The SMILES string of the molecule is CC(C)CC(=O)Nc1cccc(-c2ncc[nH]2)c1. The van der Waals surface area contributed by atoms with E-state index in [1.807, 2.05) is 38.1 Å². The molecule has 0 unspecified atom stereocenters. The molecule has 0 radical (unpaired) electrons. The number of imidazole rings is 1. The zero-order chi connectivity index (χ0) is 13.0. The van der Waals surface area contributed by atoms with E-state index in [0.29, 0.717) is 12.3 Å². The van der Waals surface area contributed by atoms with Crippen molar-refractivity contribution in [1.82, 2.24) is 9.97 Å². The molecule has 1 aromatic carbocycles. The fraction of sp³-hybridized carbons (Fsp3) is 0.286. The Morgan fingerprint density at radius 1 is 1.44 bits per heavy atom. The number of rotatable bonds is 4. The van der Waals surface area contributed by atoms with Crippen molar-refractivity contribution >= 4 is 11.6 Å². The molecular formula is C14H17N3O. The summed E-state index contributed by atoms with van der Waals surface area (Å²) in [5, 5.41) is 2.89. The van der Waals surface area contributed by atoms with Gasteiger partial charge in [-0.15, -0.1) is 0 Å². The van der Waals surface area contributed by atoms with Gasteiger partial charge < -0.3 is 10.3 Å². The number of amides is 1. The second kappa shape index (κ2) is 5.49. The lowest BCUT2D eigenvalue weighted by molar-refractivity contribution is -0.116. The maximum atomic E-state index is 11.7. The van der Waals surface area contributed by atoms with Crippen molar-refractivity contribution in [3.8, 4) is 11.4 Å². The zero-order valence-corrected chi connectivity index (χ0v) is 10.6. The molecule has 1 amide bonds. The van der Waals surface area contributed by atoms with Gasteiger partial charge in [-0.1, -0.05) is 26.0 Å². The van der Waals surface area contributed by atoms with Gasteiger partial charge in [0.2, 0.25) is 5.91 Å². The quantitative estimate of drug-likeness (QED) is 0.867. The first-order valence-corrected chi connectivity index (χ1v) is 6.05. The number of benzene rings is 1. The van der Waals surface area contributed by atoms with Crippen molar-refractivity contribution < 1.29 is 4.79 Å². The average molecular weight is 243 g/mol. The van der Waals surface area contributed by atoms with Crippen molar-refractivity contribution in [3.05, 3.63) is 36.7 Å². The number of hydrogen-bond donors (Lipinski definition) is 2. The highest BCUT2D eigenvalue weighted by Gasteiger charge is 2.06. The molecule has 94 valence electrons. The van der Waals surface area contributed by atoms with E-state index in [4.69, 9.17) is 0 Å². The molecule has 2 aromatic rings. The van der Waals surface area contributed by atoms with Crippen LogP contribution in [0.25, 0.3) is 11.4 Å². The summed E-state index contributed by atoms with van der Waals surface area (Å²) in [7, 11) is 0. The Hall–Kier alpha value is -2.10. The zero-order valence-electron chi connectivity index (χ0n) is 10.6. The summed E-state index contributed by atoms with van der Waals surface area (Å²) in [5.41, 5.74) is 1.76. The molecule has 1 heterocycles. The Morgan fingerprint density at radius 3 is 2.94 bits per heavy atom. The van der Waals surface area contributed by atoms with Crippen LogP contribution in [0.2, 0.25) is 0 Å². The molecule has 0 atom stereocenters. The summed E-state index contributed by atoms with van der Waals surface area (Å²) in [6.45, 7) is 4.05. The van der Waals surface area contributed by atoms with E-state index in [-0.39, 0.29) is 5.91 Å². The number of H-pyrrole nitrogens is 1. The maximum Gasteiger partial charge on any atom is 0.224 e. The van der Waals surface area contributed by atoms with Crippen LogP contribution in [0.15, 0.2) is 36.7 Å². The van der Waals surface area contributed by atoms with E-state index >= 15 is 0 Å². The lowest BCUT2D eigenvalue weighted by Gasteiger charge is -2.08. The van der Waals surface area contributed by atoms with Crippen LogP contribution in [-0.4, -0.2) is 15.9 Å². The monoisotopic (exact) mass is 243 g/mol. The third-order valence-corrected chi connectivity index (χ3v) is 2.51. The summed E-state index contributed by atoms with van der Waals surface area (Å²) in [5.74, 6) is 1.20. The molecule has 0 aliphatic heterocycles. The normalized spacial score (nSPS) is 10.6. The molecule has 2 N–H and O–H groups in total. The minimum atomic E-state index is 0.0431. The molecular weight excluding hydrogens is 226 g/mol. The molecule has 1 aromatic heterocycles. The average Bonchev–Trinajstić information content (AvgIpc) is 2.81. The van der Waals surface area contributed by atoms with Gasteiger partial charge in [-0.25, -0.2) is 4.98 Å². The molecule has 18 heavy (non-hydrogen) atoms. The van der Waals surface area contributed by atoms with E-state index in [9.17, 15) is 4.79 Å². The van der Waals surface area contributed by atoms with E-state index in [1.165, 1.54) is 0 Å². The van der Waals surface area contributed by atoms with Crippen LogP contribution in [0.3, 0.4) is 0 Å². The van der Waals surface area contributed by atoms with Crippen LogP contribution in [-0.2, 0) is 4.79 Å². The Kier molecular flexibility index (Phi) is 3.77. The number of nitrogens with one attached hydrogen (secondary N) is 2. The highest BCUT2D eigenvalue weighted by atomic mass is 16.1. The smallest absolute Gasteiger partial charge is 0.224 e. The molecule has 0 saturated heterocycles. The highest BCUT2D eigenvalue weighted by molar-refractivity contribution is 5.91. The molecule has 0 aliphatic carbocycles. The van der Waals surface area contributed by atoms with Gasteiger partial charge in [0, 0.05) is 30.1 Å². The first-order valence-electron chi connectivity index (χ1n) is 6.05. The Balaban J connectivity index is 2.11. The molecule has 4 nitrogen and oxygen atoms in total. The predicted octanol–water partition coefficient (Wildman–Crippen LogP) is 3.06. The largest absolute Gasteiger partial charge is 0.345 e. The molecule has 0 aliphatic rings. The Morgan fingerprint density at radius 2 is 2.28 bits per heavy atom. The lowest BCUT2D eigenvalue weighted by atomic mass is 10.1. The maximum absolute atomic E-state index is 11.7. The van der Waals surface area contributed by atoms with Gasteiger partial charge in [0.1, 0.15) is 5.82 Å². The second-order valence-electron chi connectivity index (χ2n) is 4.66. The third-order valence-electron chi connectivity index (χ3n) is 2.51. The summed E-state index contributed by atoms with van der Waals surface area (Å²) < 4.78 is 0. The van der Waals surface area contributed by atoms with Gasteiger partial charge in [0.05, 0.1) is 0 Å². The summed E-state index contributed by atoms with van der Waals surface area (Å²) >= 11 is 0. The molecule has 0 fully saturated rings. The van der Waals surface area contributed by atoms with Crippen molar-refractivity contribution in [3.63, 3.8) is 0 Å². The molecule has 0 bridgehead atoms. The summed E-state index contributed by atoms with van der Waals surface area (Å²) in [6.07, 6.45) is 4.02. The van der Waals surface area contributed by atoms with E-state index in [1.54, 1.807) is 12.4 Å². The minimum Gasteiger partial charge on any atom is -0.345 e. The van der Waals surface area contributed by atoms with Crippen molar-refractivity contribution in [2.75, 3.05) is 5.32 Å². The van der Waals surface area contributed by atoms with Crippen LogP contribution < -0.4 is 5.32 Å². The van der Waals surface area contributed by atoms with Gasteiger partial charge in [-0.05, 0) is 18.1 Å². The number of anilines is 1. The Bertz CT molecular complexity index is 518. The lowest BCUT2D eigenvalue weighted by Crippen LogP contribution is -2.13. The van der Waals surface area contributed by atoms with Crippen LogP contribution >= 0.6 is 0 Å². The van der Waals surface area contributed by atoms with E-state index in [0.717, 1.165) is 17.1 Å². The molecule has 4 heteroatoms. The van der Waals surface area contributed by atoms with Gasteiger partial charge >= 0.3 is 0 Å². The topological polar surface area (TPSA) is 57.8 Å². The number of aromatic nitrogens is 2. The Labute approximate surface area is 106 Å². The van der Waals surface area contributed by atoms with Crippen LogP contribution in [0, 0.1) is 5.92 Å². The summed E-state index contributed by atoms with van der Waals surface area (Å²) in [4.78, 5) is 18.9. The molecule has 2 rings (SSSR count). The fourth-order valence-electron chi connectivity index (χ4n) is 1.75. The standard InChI is InChI=1S/C14H17N3O/c1-10(2)8-13(18)17-12-5-3-4-11(9-12)14-15-6-7-16-14/h3-7,9-10H,8H2,1-2H3,(H,15,16)(H,17,18). The number of nitrogens with zero attached hydrogens (tertiary/aromatic N) is 1. The van der Waals surface area contributed by atoms with E-state index in [2.05, 4.69) is 15.3 Å². The highest BCUT2D eigenvalue weighted by Crippen LogP contribution is 2.19.